The lowest BCUT2D eigenvalue weighted by Crippen LogP contribution is -2.03. The van der Waals surface area contributed by atoms with Crippen LogP contribution < -0.4 is 0 Å². The first kappa shape index (κ1) is 13.9. The van der Waals surface area contributed by atoms with E-state index in [0.717, 1.165) is 27.9 Å². The monoisotopic (exact) mass is 291 g/mol. The number of pyridine rings is 3. The summed E-state index contributed by atoms with van der Waals surface area (Å²) in [7, 11) is 0. The van der Waals surface area contributed by atoms with E-state index in [0.29, 0.717) is 0 Å². The van der Waals surface area contributed by atoms with Gasteiger partial charge in [-0.25, -0.2) is 0 Å². The minimum Gasteiger partial charge on any atom is -0.481 e. The van der Waals surface area contributed by atoms with Crippen LogP contribution in [-0.4, -0.2) is 26.0 Å². The second-order valence-electron chi connectivity index (χ2n) is 4.77. The second-order valence-corrected chi connectivity index (χ2v) is 4.77. The molecule has 0 amide bonds. The van der Waals surface area contributed by atoms with Crippen molar-refractivity contribution >= 4 is 5.97 Å². The van der Waals surface area contributed by atoms with E-state index in [4.69, 9.17) is 5.11 Å². The zero-order chi connectivity index (χ0) is 15.4. The number of nitrogens with zero attached hydrogens (tertiary/aromatic N) is 3. The maximum atomic E-state index is 11.2. The van der Waals surface area contributed by atoms with Crippen molar-refractivity contribution in [3.8, 4) is 22.4 Å². The van der Waals surface area contributed by atoms with Crippen LogP contribution in [0.1, 0.15) is 5.56 Å². The van der Waals surface area contributed by atoms with Crippen molar-refractivity contribution in [1.82, 2.24) is 15.0 Å². The van der Waals surface area contributed by atoms with E-state index in [1.165, 1.54) is 0 Å². The Kier molecular flexibility index (Phi) is 3.87. The van der Waals surface area contributed by atoms with Gasteiger partial charge in [0.2, 0.25) is 0 Å². The van der Waals surface area contributed by atoms with Gasteiger partial charge in [-0.3, -0.25) is 19.7 Å². The third-order valence-electron chi connectivity index (χ3n) is 3.30. The highest BCUT2D eigenvalue weighted by Gasteiger charge is 2.11. The number of carboxylic acids is 1. The SMILES string of the molecule is O=C(O)Cc1cc(-c2ccncc2)ncc1-c1ccncc1. The molecule has 0 saturated heterocycles. The first-order valence-electron chi connectivity index (χ1n) is 6.75. The Labute approximate surface area is 127 Å². The summed E-state index contributed by atoms with van der Waals surface area (Å²) in [5.41, 5.74) is 4.07. The largest absolute Gasteiger partial charge is 0.481 e. The third-order valence-corrected chi connectivity index (χ3v) is 3.30. The van der Waals surface area contributed by atoms with Gasteiger partial charge in [0.05, 0.1) is 12.1 Å². The Bertz CT molecular complexity index is 790. The van der Waals surface area contributed by atoms with Gasteiger partial charge in [0.15, 0.2) is 0 Å². The number of hydrogen-bond acceptors (Lipinski definition) is 4. The Hall–Kier alpha value is -3.08. The molecule has 0 radical (unpaired) electrons. The topological polar surface area (TPSA) is 76.0 Å². The van der Waals surface area contributed by atoms with Crippen LogP contribution in [0, 0.1) is 0 Å². The lowest BCUT2D eigenvalue weighted by atomic mass is 9.98. The molecule has 0 saturated carbocycles. The first-order chi connectivity index (χ1) is 10.7. The van der Waals surface area contributed by atoms with E-state index >= 15 is 0 Å². The molecule has 22 heavy (non-hydrogen) atoms. The van der Waals surface area contributed by atoms with Crippen molar-refractivity contribution in [2.75, 3.05) is 0 Å². The van der Waals surface area contributed by atoms with Gasteiger partial charge in [-0.15, -0.1) is 0 Å². The third kappa shape index (κ3) is 2.98. The Balaban J connectivity index is 2.10. The Morgan fingerprint density at radius 2 is 1.55 bits per heavy atom. The fraction of sp³-hybridized carbons (Fsp3) is 0.0588. The molecule has 3 aromatic rings. The maximum absolute atomic E-state index is 11.2. The minimum absolute atomic E-state index is 0.0573. The van der Waals surface area contributed by atoms with Crippen LogP contribution >= 0.6 is 0 Å². The zero-order valence-corrected chi connectivity index (χ0v) is 11.7. The Morgan fingerprint density at radius 1 is 0.955 bits per heavy atom. The van der Waals surface area contributed by atoms with E-state index in [9.17, 15) is 4.79 Å². The van der Waals surface area contributed by atoms with E-state index in [1.54, 1.807) is 31.0 Å². The van der Waals surface area contributed by atoms with Crippen LogP contribution in [0.2, 0.25) is 0 Å². The molecule has 108 valence electrons. The molecule has 0 aliphatic rings. The number of carbonyl (C=O) groups is 1. The molecule has 0 fully saturated rings. The molecule has 3 aromatic heterocycles. The summed E-state index contributed by atoms with van der Waals surface area (Å²) < 4.78 is 0. The molecule has 0 aliphatic carbocycles. The number of hydrogen-bond donors (Lipinski definition) is 1. The highest BCUT2D eigenvalue weighted by atomic mass is 16.4. The van der Waals surface area contributed by atoms with Crippen molar-refractivity contribution < 1.29 is 9.90 Å². The highest BCUT2D eigenvalue weighted by molar-refractivity contribution is 5.78. The predicted octanol–water partition coefficient (Wildman–Crippen LogP) is 2.83. The first-order valence-corrected chi connectivity index (χ1v) is 6.75. The molecule has 0 unspecified atom stereocenters. The molecule has 0 aromatic carbocycles. The molecule has 0 atom stereocenters. The molecule has 5 nitrogen and oxygen atoms in total. The van der Waals surface area contributed by atoms with E-state index in [1.807, 2.05) is 30.3 Å². The smallest absolute Gasteiger partial charge is 0.307 e. The lowest BCUT2D eigenvalue weighted by Gasteiger charge is -2.10. The molecule has 5 heteroatoms. The molecule has 0 aliphatic heterocycles. The van der Waals surface area contributed by atoms with Crippen LogP contribution in [0.15, 0.2) is 61.3 Å². The second kappa shape index (κ2) is 6.13. The van der Waals surface area contributed by atoms with Crippen molar-refractivity contribution in [2.45, 2.75) is 6.42 Å². The summed E-state index contributed by atoms with van der Waals surface area (Å²) in [4.78, 5) is 23.6. The summed E-state index contributed by atoms with van der Waals surface area (Å²) in [5, 5.41) is 9.16. The molecule has 3 rings (SSSR count). The highest BCUT2D eigenvalue weighted by Crippen LogP contribution is 2.27. The maximum Gasteiger partial charge on any atom is 0.307 e. The number of rotatable bonds is 4. The van der Waals surface area contributed by atoms with E-state index in [2.05, 4.69) is 15.0 Å². The van der Waals surface area contributed by atoms with Gasteiger partial charge >= 0.3 is 5.97 Å². The summed E-state index contributed by atoms with van der Waals surface area (Å²) in [6, 6.07) is 9.19. The average molecular weight is 291 g/mol. The quantitative estimate of drug-likeness (QED) is 0.800. The van der Waals surface area contributed by atoms with Gasteiger partial charge < -0.3 is 5.11 Å². The van der Waals surface area contributed by atoms with Gasteiger partial charge in [0.1, 0.15) is 0 Å². The van der Waals surface area contributed by atoms with Crippen LogP contribution in [-0.2, 0) is 11.2 Å². The standard InChI is InChI=1S/C17H13N3O2/c21-17(22)10-14-9-16(13-3-7-19-8-4-13)20-11-15(14)12-1-5-18-6-2-12/h1-9,11H,10H2,(H,21,22). The van der Waals surface area contributed by atoms with Gasteiger partial charge in [-0.2, -0.15) is 0 Å². The fourth-order valence-electron chi connectivity index (χ4n) is 2.28. The van der Waals surface area contributed by atoms with E-state index in [-0.39, 0.29) is 6.42 Å². The van der Waals surface area contributed by atoms with Gasteiger partial charge in [0.25, 0.3) is 0 Å². The molecule has 1 N–H and O–H groups in total. The average Bonchev–Trinajstić information content (AvgIpc) is 2.56. The van der Waals surface area contributed by atoms with Crippen LogP contribution in [0.25, 0.3) is 22.4 Å². The summed E-state index contributed by atoms with van der Waals surface area (Å²) in [6.07, 6.45) is 8.38. The van der Waals surface area contributed by atoms with Crippen molar-refractivity contribution in [2.24, 2.45) is 0 Å². The molecular weight excluding hydrogens is 278 g/mol. The van der Waals surface area contributed by atoms with Gasteiger partial charge in [-0.05, 0) is 41.5 Å². The van der Waals surface area contributed by atoms with E-state index < -0.39 is 5.97 Å². The lowest BCUT2D eigenvalue weighted by molar-refractivity contribution is -0.136. The van der Waals surface area contributed by atoms with Crippen LogP contribution in [0.3, 0.4) is 0 Å². The summed E-state index contributed by atoms with van der Waals surface area (Å²) in [5.74, 6) is -0.873. The predicted molar refractivity (Wildman–Crippen MR) is 82.0 cm³/mol. The zero-order valence-electron chi connectivity index (χ0n) is 11.7. The molecule has 3 heterocycles. The van der Waals surface area contributed by atoms with Crippen LogP contribution in [0.4, 0.5) is 0 Å². The van der Waals surface area contributed by atoms with Crippen molar-refractivity contribution in [3.63, 3.8) is 0 Å². The minimum atomic E-state index is -0.873. The fourth-order valence-corrected chi connectivity index (χ4v) is 2.28. The van der Waals surface area contributed by atoms with Crippen LogP contribution in [0.5, 0.6) is 0 Å². The van der Waals surface area contributed by atoms with Crippen molar-refractivity contribution in [3.05, 3.63) is 66.9 Å². The summed E-state index contributed by atoms with van der Waals surface area (Å²) >= 11 is 0. The number of aromatic nitrogens is 3. The normalized spacial score (nSPS) is 10.4. The van der Waals surface area contributed by atoms with Gasteiger partial charge in [0, 0.05) is 42.1 Å². The summed E-state index contributed by atoms with van der Waals surface area (Å²) in [6.45, 7) is 0. The molecule has 0 bridgehead atoms. The number of carboxylic acid groups (broad SMARTS) is 1. The Morgan fingerprint density at radius 3 is 2.14 bits per heavy atom. The molecule has 0 spiro atoms. The number of aliphatic carboxylic acids is 1. The van der Waals surface area contributed by atoms with Crippen molar-refractivity contribution in [1.29, 1.82) is 0 Å². The molecular formula is C17H13N3O2. The van der Waals surface area contributed by atoms with Gasteiger partial charge in [-0.1, -0.05) is 0 Å².